The molecule has 0 aliphatic heterocycles. The molecule has 5 heteroatoms. The lowest BCUT2D eigenvalue weighted by Gasteiger charge is -2.09. The quantitative estimate of drug-likeness (QED) is 0.665. The Morgan fingerprint density at radius 2 is 1.85 bits per heavy atom. The monoisotopic (exact) mass is 191 g/mol. The molecule has 1 unspecified atom stereocenters. The van der Waals surface area contributed by atoms with E-state index >= 15 is 0 Å². The van der Waals surface area contributed by atoms with E-state index in [-0.39, 0.29) is 0 Å². The average molecular weight is 191 g/mol. The summed E-state index contributed by atoms with van der Waals surface area (Å²) in [5, 5.41) is 8.69. The molecule has 3 N–H and O–H groups in total. The Hall–Kier alpha value is -1.23. The number of benzene rings is 1. The summed E-state index contributed by atoms with van der Waals surface area (Å²) in [7, 11) is 0. The van der Waals surface area contributed by atoms with E-state index in [4.69, 9.17) is 10.8 Å². The molecular weight excluding hydrogens is 183 g/mol. The maximum absolute atomic E-state index is 12.9. The third-order valence-electron chi connectivity index (χ3n) is 1.63. The average Bonchev–Trinajstić information content (AvgIpc) is 1.99. The molecule has 1 atom stereocenters. The van der Waals surface area contributed by atoms with Crippen LogP contribution >= 0.6 is 0 Å². The molecule has 0 aromatic heterocycles. The molecule has 0 saturated carbocycles. The minimum absolute atomic E-state index is 0.497. The molecule has 0 aliphatic rings. The van der Waals surface area contributed by atoms with Gasteiger partial charge in [-0.3, -0.25) is 0 Å². The topological polar surface area (TPSA) is 46.2 Å². The summed E-state index contributed by atoms with van der Waals surface area (Å²) in [5.74, 6) is -5.02. The highest BCUT2D eigenvalue weighted by Crippen LogP contribution is 2.27. The van der Waals surface area contributed by atoms with Crippen LogP contribution in [0, 0.1) is 17.5 Å². The van der Waals surface area contributed by atoms with Crippen LogP contribution in [0.15, 0.2) is 6.07 Å². The Labute approximate surface area is 72.8 Å². The Balaban J connectivity index is 3.44. The predicted molar refractivity (Wildman–Crippen MR) is 40.6 cm³/mol. The number of phenolic OH excluding ortho intramolecular Hbond substituents is 1. The van der Waals surface area contributed by atoms with E-state index in [1.807, 2.05) is 0 Å². The molecular formula is C8H8F3NO. The summed E-state index contributed by atoms with van der Waals surface area (Å²) < 4.78 is 38.5. The van der Waals surface area contributed by atoms with Gasteiger partial charge in [-0.15, -0.1) is 0 Å². The first-order chi connectivity index (χ1) is 5.95. The molecule has 72 valence electrons. The van der Waals surface area contributed by atoms with E-state index in [0.717, 1.165) is 0 Å². The molecule has 0 fully saturated rings. The van der Waals surface area contributed by atoms with Gasteiger partial charge in [0.1, 0.15) is 5.82 Å². The summed E-state index contributed by atoms with van der Waals surface area (Å²) in [4.78, 5) is 0. The van der Waals surface area contributed by atoms with Crippen molar-refractivity contribution >= 4 is 0 Å². The van der Waals surface area contributed by atoms with E-state index in [0.29, 0.717) is 6.07 Å². The summed E-state index contributed by atoms with van der Waals surface area (Å²) in [6.07, 6.45) is 0. The van der Waals surface area contributed by atoms with Crippen LogP contribution in [0.4, 0.5) is 13.2 Å². The summed E-state index contributed by atoms with van der Waals surface area (Å²) >= 11 is 0. The zero-order valence-corrected chi connectivity index (χ0v) is 6.81. The van der Waals surface area contributed by atoms with Crippen LogP contribution in [0.2, 0.25) is 0 Å². The Bertz CT molecular complexity index is 339. The molecule has 0 spiro atoms. The van der Waals surface area contributed by atoms with Gasteiger partial charge in [0.05, 0.1) is 0 Å². The number of halogens is 3. The van der Waals surface area contributed by atoms with E-state index < -0.39 is 34.8 Å². The highest BCUT2D eigenvalue weighted by atomic mass is 19.2. The van der Waals surface area contributed by atoms with E-state index in [9.17, 15) is 13.2 Å². The lowest BCUT2D eigenvalue weighted by atomic mass is 10.1. The fraction of sp³-hybridized carbons (Fsp3) is 0.250. The van der Waals surface area contributed by atoms with Crippen LogP contribution in [0.3, 0.4) is 0 Å². The number of hydrogen-bond donors (Lipinski definition) is 2. The number of phenols is 1. The lowest BCUT2D eigenvalue weighted by Crippen LogP contribution is -2.11. The molecule has 0 bridgehead atoms. The van der Waals surface area contributed by atoms with Crippen molar-refractivity contribution in [2.75, 3.05) is 0 Å². The SMILES string of the molecule is CC(N)c1c(F)cc(O)c(F)c1F. The Kier molecular flexibility index (Phi) is 2.47. The molecule has 0 heterocycles. The van der Waals surface area contributed by atoms with Gasteiger partial charge in [-0.05, 0) is 6.92 Å². The van der Waals surface area contributed by atoms with Gasteiger partial charge < -0.3 is 10.8 Å². The van der Waals surface area contributed by atoms with Crippen LogP contribution in [-0.4, -0.2) is 5.11 Å². The van der Waals surface area contributed by atoms with Gasteiger partial charge >= 0.3 is 0 Å². The normalized spacial score (nSPS) is 13.0. The standard InChI is InChI=1S/C8H8F3NO/c1-3(12)6-4(9)2-5(13)7(10)8(6)11/h2-3,13H,12H2,1H3. The van der Waals surface area contributed by atoms with Crippen molar-refractivity contribution in [3.8, 4) is 5.75 Å². The summed E-state index contributed by atoms with van der Waals surface area (Å²) in [6.45, 7) is 1.32. The second kappa shape index (κ2) is 3.26. The second-order valence-electron chi connectivity index (χ2n) is 2.71. The zero-order chi connectivity index (χ0) is 10.2. The van der Waals surface area contributed by atoms with Gasteiger partial charge in [0.15, 0.2) is 11.6 Å². The predicted octanol–water partition coefficient (Wildman–Crippen LogP) is 1.83. The van der Waals surface area contributed by atoms with Crippen molar-refractivity contribution in [2.45, 2.75) is 13.0 Å². The van der Waals surface area contributed by atoms with Crippen molar-refractivity contribution in [2.24, 2.45) is 5.73 Å². The van der Waals surface area contributed by atoms with E-state index in [1.54, 1.807) is 0 Å². The van der Waals surface area contributed by atoms with E-state index in [2.05, 4.69) is 0 Å². The fourth-order valence-corrected chi connectivity index (χ4v) is 1.01. The van der Waals surface area contributed by atoms with Crippen molar-refractivity contribution in [3.05, 3.63) is 29.1 Å². The van der Waals surface area contributed by atoms with E-state index in [1.165, 1.54) is 6.92 Å². The summed E-state index contributed by atoms with van der Waals surface area (Å²) in [5.41, 5.74) is 4.65. The lowest BCUT2D eigenvalue weighted by molar-refractivity contribution is 0.391. The molecule has 0 aliphatic carbocycles. The minimum Gasteiger partial charge on any atom is -0.505 e. The number of hydrogen-bond acceptors (Lipinski definition) is 2. The van der Waals surface area contributed by atoms with Crippen molar-refractivity contribution < 1.29 is 18.3 Å². The fourth-order valence-electron chi connectivity index (χ4n) is 1.01. The third-order valence-corrected chi connectivity index (χ3v) is 1.63. The first-order valence-corrected chi connectivity index (χ1v) is 3.57. The maximum Gasteiger partial charge on any atom is 0.200 e. The minimum atomic E-state index is -1.48. The maximum atomic E-state index is 12.9. The van der Waals surface area contributed by atoms with Gasteiger partial charge in [0, 0.05) is 17.7 Å². The van der Waals surface area contributed by atoms with Gasteiger partial charge in [-0.2, -0.15) is 4.39 Å². The third kappa shape index (κ3) is 1.60. The Morgan fingerprint density at radius 3 is 2.31 bits per heavy atom. The smallest absolute Gasteiger partial charge is 0.200 e. The molecule has 0 radical (unpaired) electrons. The first kappa shape index (κ1) is 9.85. The van der Waals surface area contributed by atoms with Crippen LogP contribution < -0.4 is 5.73 Å². The van der Waals surface area contributed by atoms with Crippen LogP contribution in [0.5, 0.6) is 5.75 Å². The van der Waals surface area contributed by atoms with Gasteiger partial charge in [-0.1, -0.05) is 0 Å². The van der Waals surface area contributed by atoms with Crippen LogP contribution in [0.25, 0.3) is 0 Å². The van der Waals surface area contributed by atoms with Crippen molar-refractivity contribution in [1.29, 1.82) is 0 Å². The second-order valence-corrected chi connectivity index (χ2v) is 2.71. The molecule has 2 nitrogen and oxygen atoms in total. The van der Waals surface area contributed by atoms with Crippen LogP contribution in [-0.2, 0) is 0 Å². The van der Waals surface area contributed by atoms with Crippen LogP contribution in [0.1, 0.15) is 18.5 Å². The van der Waals surface area contributed by atoms with Gasteiger partial charge in [0.25, 0.3) is 0 Å². The molecule has 13 heavy (non-hydrogen) atoms. The largest absolute Gasteiger partial charge is 0.505 e. The van der Waals surface area contributed by atoms with Gasteiger partial charge in [-0.25, -0.2) is 8.78 Å². The van der Waals surface area contributed by atoms with Crippen molar-refractivity contribution in [3.63, 3.8) is 0 Å². The zero-order valence-electron chi connectivity index (χ0n) is 6.81. The molecule has 1 rings (SSSR count). The number of nitrogens with two attached hydrogens (primary N) is 1. The molecule has 1 aromatic rings. The number of aromatic hydroxyl groups is 1. The van der Waals surface area contributed by atoms with Crippen molar-refractivity contribution in [1.82, 2.24) is 0 Å². The first-order valence-electron chi connectivity index (χ1n) is 3.57. The highest BCUT2D eigenvalue weighted by molar-refractivity contribution is 5.32. The highest BCUT2D eigenvalue weighted by Gasteiger charge is 2.20. The molecule has 1 aromatic carbocycles. The summed E-state index contributed by atoms with van der Waals surface area (Å²) in [6, 6.07) is -0.466. The number of rotatable bonds is 1. The Morgan fingerprint density at radius 1 is 1.31 bits per heavy atom. The molecule has 0 saturated heterocycles. The van der Waals surface area contributed by atoms with Gasteiger partial charge in [0.2, 0.25) is 5.82 Å². The molecule has 0 amide bonds.